The van der Waals surface area contributed by atoms with Crippen LogP contribution >= 0.6 is 0 Å². The largest absolute Gasteiger partial charge is 0.499 e. The zero-order chi connectivity index (χ0) is 16.3. The molecule has 0 heterocycles. The second-order valence-electron chi connectivity index (χ2n) is 6.22. The fourth-order valence-corrected chi connectivity index (χ4v) is 2.46. The molecule has 2 N–H and O–H groups in total. The quantitative estimate of drug-likeness (QED) is 0.295. The summed E-state index contributed by atoms with van der Waals surface area (Å²) >= 11 is 0. The average molecular weight is 315 g/mol. The first-order valence-corrected chi connectivity index (χ1v) is 9.36. The van der Waals surface area contributed by atoms with Crippen molar-refractivity contribution >= 4 is 0 Å². The van der Waals surface area contributed by atoms with Crippen molar-refractivity contribution in [1.29, 1.82) is 0 Å². The SMILES string of the molecule is CCCCCCCCCCCCCC/C=C/OCC(O)CO. The molecule has 132 valence electrons. The molecule has 0 rings (SSSR count). The summed E-state index contributed by atoms with van der Waals surface area (Å²) in [6.45, 7) is 2.20. The minimum absolute atomic E-state index is 0.172. The van der Waals surface area contributed by atoms with Crippen LogP contribution < -0.4 is 0 Å². The van der Waals surface area contributed by atoms with Crippen LogP contribution in [0.3, 0.4) is 0 Å². The first-order valence-electron chi connectivity index (χ1n) is 9.36. The molecule has 0 aliphatic carbocycles. The molecule has 0 amide bonds. The molecule has 0 spiro atoms. The lowest BCUT2D eigenvalue weighted by molar-refractivity contribution is 0.0383. The Morgan fingerprint density at radius 3 is 1.82 bits per heavy atom. The van der Waals surface area contributed by atoms with Crippen molar-refractivity contribution in [3.63, 3.8) is 0 Å². The van der Waals surface area contributed by atoms with Gasteiger partial charge in [0.2, 0.25) is 0 Å². The van der Waals surface area contributed by atoms with Gasteiger partial charge in [-0.3, -0.25) is 0 Å². The molecule has 0 aromatic carbocycles. The van der Waals surface area contributed by atoms with Crippen molar-refractivity contribution in [3.05, 3.63) is 12.3 Å². The first-order chi connectivity index (χ1) is 10.8. The van der Waals surface area contributed by atoms with Crippen molar-refractivity contribution in [2.24, 2.45) is 0 Å². The molecule has 3 heteroatoms. The van der Waals surface area contributed by atoms with E-state index in [1.165, 1.54) is 77.0 Å². The molecule has 0 aliphatic rings. The van der Waals surface area contributed by atoms with Gasteiger partial charge in [-0.25, -0.2) is 0 Å². The number of rotatable bonds is 17. The van der Waals surface area contributed by atoms with Gasteiger partial charge in [0.05, 0.1) is 12.9 Å². The molecular formula is C19H38O3. The smallest absolute Gasteiger partial charge is 0.115 e. The van der Waals surface area contributed by atoms with Crippen molar-refractivity contribution in [3.8, 4) is 0 Å². The fourth-order valence-electron chi connectivity index (χ4n) is 2.46. The molecule has 1 unspecified atom stereocenters. The lowest BCUT2D eigenvalue weighted by Gasteiger charge is -2.05. The van der Waals surface area contributed by atoms with Crippen LogP contribution in [-0.4, -0.2) is 29.5 Å². The summed E-state index contributed by atoms with van der Waals surface area (Å²) in [6, 6.07) is 0. The Bertz CT molecular complexity index is 229. The Kier molecular flexibility index (Phi) is 18.1. The highest BCUT2D eigenvalue weighted by Gasteiger charge is 1.98. The predicted molar refractivity (Wildman–Crippen MR) is 93.9 cm³/mol. The molecule has 0 fully saturated rings. The fraction of sp³-hybridized carbons (Fsp3) is 0.895. The molecular weight excluding hydrogens is 276 g/mol. The second-order valence-corrected chi connectivity index (χ2v) is 6.22. The summed E-state index contributed by atoms with van der Waals surface area (Å²) in [7, 11) is 0. The van der Waals surface area contributed by atoms with E-state index >= 15 is 0 Å². The molecule has 0 saturated heterocycles. The summed E-state index contributed by atoms with van der Waals surface area (Å²) in [5.41, 5.74) is 0. The maximum atomic E-state index is 9.06. The van der Waals surface area contributed by atoms with Gasteiger partial charge in [-0.15, -0.1) is 0 Å². The van der Waals surface area contributed by atoms with E-state index in [1.807, 2.05) is 6.08 Å². The maximum absolute atomic E-state index is 9.06. The van der Waals surface area contributed by atoms with Gasteiger partial charge in [-0.05, 0) is 18.9 Å². The minimum atomic E-state index is -0.767. The maximum Gasteiger partial charge on any atom is 0.115 e. The Labute approximate surface area is 137 Å². The van der Waals surface area contributed by atoms with E-state index in [0.29, 0.717) is 0 Å². The number of aliphatic hydroxyl groups is 2. The topological polar surface area (TPSA) is 49.7 Å². The van der Waals surface area contributed by atoms with Gasteiger partial charge in [0, 0.05) is 0 Å². The number of allylic oxidation sites excluding steroid dienone is 1. The van der Waals surface area contributed by atoms with E-state index in [9.17, 15) is 0 Å². The Balaban J connectivity index is 3.06. The summed E-state index contributed by atoms with van der Waals surface area (Å²) in [4.78, 5) is 0. The summed E-state index contributed by atoms with van der Waals surface area (Å²) in [5.74, 6) is 0. The van der Waals surface area contributed by atoms with E-state index in [2.05, 4.69) is 6.92 Å². The Morgan fingerprint density at radius 1 is 0.818 bits per heavy atom. The van der Waals surface area contributed by atoms with Crippen LogP contribution in [0.5, 0.6) is 0 Å². The van der Waals surface area contributed by atoms with E-state index in [-0.39, 0.29) is 13.2 Å². The number of hydrogen-bond acceptors (Lipinski definition) is 3. The van der Waals surface area contributed by atoms with Crippen LogP contribution in [-0.2, 0) is 4.74 Å². The third kappa shape index (κ3) is 17.5. The Morgan fingerprint density at radius 2 is 1.32 bits per heavy atom. The van der Waals surface area contributed by atoms with Gasteiger partial charge < -0.3 is 14.9 Å². The normalized spacial score (nSPS) is 12.9. The molecule has 3 nitrogen and oxygen atoms in total. The summed E-state index contributed by atoms with van der Waals surface area (Å²) in [6.07, 6.45) is 20.4. The van der Waals surface area contributed by atoms with Crippen LogP contribution in [0.4, 0.5) is 0 Å². The van der Waals surface area contributed by atoms with Crippen LogP contribution in [0.25, 0.3) is 0 Å². The number of hydrogen-bond donors (Lipinski definition) is 2. The minimum Gasteiger partial charge on any atom is -0.499 e. The Hall–Kier alpha value is -0.540. The molecule has 1 atom stereocenters. The van der Waals surface area contributed by atoms with Crippen LogP contribution in [0.2, 0.25) is 0 Å². The van der Waals surface area contributed by atoms with Crippen LogP contribution in [0, 0.1) is 0 Å². The van der Waals surface area contributed by atoms with Gasteiger partial charge in [0.15, 0.2) is 0 Å². The predicted octanol–water partition coefficient (Wildman–Crippen LogP) is 4.96. The molecule has 0 aromatic rings. The molecule has 0 aromatic heterocycles. The third-order valence-corrected chi connectivity index (χ3v) is 3.92. The number of aliphatic hydroxyl groups excluding tert-OH is 2. The monoisotopic (exact) mass is 314 g/mol. The molecule has 0 bridgehead atoms. The molecule has 0 aliphatic heterocycles. The van der Waals surface area contributed by atoms with Crippen molar-refractivity contribution in [2.45, 2.75) is 96.5 Å². The third-order valence-electron chi connectivity index (χ3n) is 3.92. The van der Waals surface area contributed by atoms with E-state index in [1.54, 1.807) is 6.26 Å². The molecule has 22 heavy (non-hydrogen) atoms. The van der Waals surface area contributed by atoms with Gasteiger partial charge >= 0.3 is 0 Å². The highest BCUT2D eigenvalue weighted by molar-refractivity contribution is 4.73. The number of unbranched alkanes of at least 4 members (excludes halogenated alkanes) is 12. The average Bonchev–Trinajstić information content (AvgIpc) is 2.54. The van der Waals surface area contributed by atoms with Crippen molar-refractivity contribution in [2.75, 3.05) is 13.2 Å². The van der Waals surface area contributed by atoms with E-state index in [4.69, 9.17) is 14.9 Å². The highest BCUT2D eigenvalue weighted by Crippen LogP contribution is 2.12. The summed E-state index contributed by atoms with van der Waals surface area (Å²) in [5, 5.41) is 17.7. The van der Waals surface area contributed by atoms with Gasteiger partial charge in [0.1, 0.15) is 12.7 Å². The van der Waals surface area contributed by atoms with Crippen LogP contribution in [0.1, 0.15) is 90.4 Å². The van der Waals surface area contributed by atoms with Gasteiger partial charge in [-0.2, -0.15) is 0 Å². The van der Waals surface area contributed by atoms with Crippen molar-refractivity contribution < 1.29 is 14.9 Å². The highest BCUT2D eigenvalue weighted by atomic mass is 16.5. The standard InChI is InChI=1S/C19H38O3/c1-2-3-4-5-6-7-8-9-10-11-12-13-14-15-16-22-18-19(21)17-20/h15-16,19-21H,2-14,17-18H2,1H3/b16-15+. The van der Waals surface area contributed by atoms with Gasteiger partial charge in [0.25, 0.3) is 0 Å². The molecule has 0 radical (unpaired) electrons. The summed E-state index contributed by atoms with van der Waals surface area (Å²) < 4.78 is 5.10. The lowest BCUT2D eigenvalue weighted by Crippen LogP contribution is -2.17. The van der Waals surface area contributed by atoms with Gasteiger partial charge in [-0.1, -0.05) is 77.6 Å². The molecule has 0 saturated carbocycles. The van der Waals surface area contributed by atoms with Crippen LogP contribution in [0.15, 0.2) is 12.3 Å². The van der Waals surface area contributed by atoms with E-state index in [0.717, 1.165) is 6.42 Å². The second kappa shape index (κ2) is 18.5. The zero-order valence-electron chi connectivity index (χ0n) is 14.6. The van der Waals surface area contributed by atoms with E-state index < -0.39 is 6.10 Å². The van der Waals surface area contributed by atoms with Crippen molar-refractivity contribution in [1.82, 2.24) is 0 Å². The first kappa shape index (κ1) is 21.5. The number of ether oxygens (including phenoxy) is 1. The lowest BCUT2D eigenvalue weighted by atomic mass is 10.0. The zero-order valence-corrected chi connectivity index (χ0v) is 14.6.